The van der Waals surface area contributed by atoms with Gasteiger partial charge in [0.1, 0.15) is 5.69 Å². The molecule has 0 radical (unpaired) electrons. The molecule has 0 spiro atoms. The molecule has 0 saturated heterocycles. The molecule has 2 heterocycles. The highest BCUT2D eigenvalue weighted by Gasteiger charge is 2.14. The Morgan fingerprint density at radius 3 is 2.72 bits per heavy atom. The van der Waals surface area contributed by atoms with Crippen LogP contribution >= 0.6 is 11.6 Å². The first-order valence-corrected chi connectivity index (χ1v) is 5.80. The van der Waals surface area contributed by atoms with Gasteiger partial charge in [-0.15, -0.1) is 0 Å². The number of pyridine rings is 1. The first kappa shape index (κ1) is 12.6. The van der Waals surface area contributed by atoms with E-state index in [-0.39, 0.29) is 11.1 Å². The van der Waals surface area contributed by atoms with E-state index in [1.165, 1.54) is 4.68 Å². The number of carbonyl (C=O) groups excluding carboxylic acids is 1. The highest BCUT2D eigenvalue weighted by atomic mass is 35.5. The van der Waals surface area contributed by atoms with Gasteiger partial charge in [0.05, 0.1) is 11.4 Å². The largest absolute Gasteiger partial charge is 0.318 e. The van der Waals surface area contributed by atoms with Crippen LogP contribution < -0.4 is 5.32 Å². The second kappa shape index (κ2) is 4.78. The monoisotopic (exact) mass is 264 g/mol. The summed E-state index contributed by atoms with van der Waals surface area (Å²) in [6, 6.07) is 3.50. The fraction of sp³-hybridized carbons (Fsp3) is 0.250. The zero-order chi connectivity index (χ0) is 13.3. The van der Waals surface area contributed by atoms with Crippen LogP contribution in [0, 0.1) is 13.8 Å². The molecule has 1 amide bonds. The average molecular weight is 265 g/mol. The van der Waals surface area contributed by atoms with Crippen LogP contribution in [0.25, 0.3) is 0 Å². The number of nitrogens with one attached hydrogen (secondary N) is 1. The molecule has 1 N–H and O–H groups in total. The molecule has 0 aliphatic carbocycles. The van der Waals surface area contributed by atoms with Gasteiger partial charge < -0.3 is 5.32 Å². The van der Waals surface area contributed by atoms with E-state index in [2.05, 4.69) is 15.4 Å². The maximum Gasteiger partial charge on any atom is 0.274 e. The number of halogens is 1. The molecule has 5 nitrogen and oxygen atoms in total. The van der Waals surface area contributed by atoms with Crippen molar-refractivity contribution >= 4 is 23.2 Å². The quantitative estimate of drug-likeness (QED) is 0.847. The summed E-state index contributed by atoms with van der Waals surface area (Å²) in [5, 5.41) is 7.16. The van der Waals surface area contributed by atoms with Crippen LogP contribution in [-0.2, 0) is 7.05 Å². The highest BCUT2D eigenvalue weighted by Crippen LogP contribution is 2.23. The van der Waals surface area contributed by atoms with Gasteiger partial charge in [-0.3, -0.25) is 9.48 Å². The molecular formula is C12H13ClN4O. The number of anilines is 1. The molecule has 0 saturated carbocycles. The van der Waals surface area contributed by atoms with E-state index in [0.717, 1.165) is 11.3 Å². The van der Waals surface area contributed by atoms with Crippen molar-refractivity contribution in [2.45, 2.75) is 13.8 Å². The summed E-state index contributed by atoms with van der Waals surface area (Å²) >= 11 is 5.96. The molecule has 0 aliphatic heterocycles. The van der Waals surface area contributed by atoms with Gasteiger partial charge in [-0.1, -0.05) is 11.6 Å². The standard InChI is InChI=1S/C12H13ClN4O/c1-7-4-5-14-11(13)10(7)15-12(18)9-6-8(2)16-17(9)3/h4-6H,1-3H3,(H,15,18). The molecule has 0 bridgehead atoms. The Morgan fingerprint density at radius 1 is 1.44 bits per heavy atom. The summed E-state index contributed by atoms with van der Waals surface area (Å²) in [4.78, 5) is 16.0. The molecule has 2 aromatic rings. The lowest BCUT2D eigenvalue weighted by atomic mass is 10.2. The lowest BCUT2D eigenvalue weighted by molar-refractivity contribution is 0.101. The normalized spacial score (nSPS) is 10.4. The number of aromatic nitrogens is 3. The molecule has 0 aliphatic rings. The van der Waals surface area contributed by atoms with Gasteiger partial charge >= 0.3 is 0 Å². The van der Waals surface area contributed by atoms with E-state index < -0.39 is 0 Å². The van der Waals surface area contributed by atoms with Crippen LogP contribution in [-0.4, -0.2) is 20.7 Å². The number of aryl methyl sites for hydroxylation is 3. The third-order valence-corrected chi connectivity index (χ3v) is 2.87. The third kappa shape index (κ3) is 2.36. The van der Waals surface area contributed by atoms with Crippen LogP contribution in [0.3, 0.4) is 0 Å². The van der Waals surface area contributed by atoms with Gasteiger partial charge in [-0.25, -0.2) is 4.98 Å². The first-order chi connectivity index (χ1) is 8.49. The second-order valence-corrected chi connectivity index (χ2v) is 4.40. The van der Waals surface area contributed by atoms with Gasteiger partial charge in [-0.2, -0.15) is 5.10 Å². The molecule has 0 fully saturated rings. The van der Waals surface area contributed by atoms with Gasteiger partial charge in [0.2, 0.25) is 0 Å². The second-order valence-electron chi connectivity index (χ2n) is 4.04. The fourth-order valence-corrected chi connectivity index (χ4v) is 1.93. The molecule has 0 aromatic carbocycles. The minimum Gasteiger partial charge on any atom is -0.318 e. The summed E-state index contributed by atoms with van der Waals surface area (Å²) in [7, 11) is 1.72. The fourth-order valence-electron chi connectivity index (χ4n) is 1.68. The predicted molar refractivity (Wildman–Crippen MR) is 69.9 cm³/mol. The summed E-state index contributed by atoms with van der Waals surface area (Å²) < 4.78 is 1.53. The van der Waals surface area contributed by atoms with E-state index in [0.29, 0.717) is 11.4 Å². The van der Waals surface area contributed by atoms with Crippen LogP contribution in [0.4, 0.5) is 5.69 Å². The number of amides is 1. The van der Waals surface area contributed by atoms with Gasteiger partial charge in [0, 0.05) is 13.2 Å². The number of rotatable bonds is 2. The molecule has 0 atom stereocenters. The van der Waals surface area contributed by atoms with Gasteiger partial charge in [0.15, 0.2) is 5.15 Å². The Bertz CT molecular complexity index is 586. The van der Waals surface area contributed by atoms with Crippen molar-refractivity contribution in [3.05, 3.63) is 40.4 Å². The molecule has 18 heavy (non-hydrogen) atoms. The van der Waals surface area contributed by atoms with Crippen molar-refractivity contribution in [1.29, 1.82) is 0 Å². The zero-order valence-corrected chi connectivity index (χ0v) is 11.1. The van der Waals surface area contributed by atoms with E-state index in [1.807, 2.05) is 13.8 Å². The van der Waals surface area contributed by atoms with E-state index >= 15 is 0 Å². The molecular weight excluding hydrogens is 252 g/mol. The number of hydrogen-bond acceptors (Lipinski definition) is 3. The Morgan fingerprint density at radius 2 is 2.17 bits per heavy atom. The number of nitrogens with zero attached hydrogens (tertiary/aromatic N) is 3. The highest BCUT2D eigenvalue weighted by molar-refractivity contribution is 6.32. The summed E-state index contributed by atoms with van der Waals surface area (Å²) in [6.45, 7) is 3.69. The molecule has 2 aromatic heterocycles. The minimum absolute atomic E-state index is 0.254. The average Bonchev–Trinajstić information content (AvgIpc) is 2.63. The SMILES string of the molecule is Cc1cc(C(=O)Nc2c(C)ccnc2Cl)n(C)n1. The summed E-state index contributed by atoms with van der Waals surface area (Å²) in [6.07, 6.45) is 1.60. The van der Waals surface area contributed by atoms with Crippen LogP contribution in [0.1, 0.15) is 21.7 Å². The Balaban J connectivity index is 2.30. The lowest BCUT2D eigenvalue weighted by Crippen LogP contribution is -2.17. The van der Waals surface area contributed by atoms with Crippen molar-refractivity contribution in [1.82, 2.24) is 14.8 Å². The molecule has 6 heteroatoms. The zero-order valence-electron chi connectivity index (χ0n) is 10.4. The smallest absolute Gasteiger partial charge is 0.274 e. The van der Waals surface area contributed by atoms with E-state index in [4.69, 9.17) is 11.6 Å². The summed E-state index contributed by atoms with van der Waals surface area (Å²) in [5.74, 6) is -0.254. The number of hydrogen-bond donors (Lipinski definition) is 1. The number of carbonyl (C=O) groups is 1. The first-order valence-electron chi connectivity index (χ1n) is 5.42. The molecule has 0 unspecified atom stereocenters. The van der Waals surface area contributed by atoms with E-state index in [1.54, 1.807) is 25.4 Å². The molecule has 2 rings (SSSR count). The van der Waals surface area contributed by atoms with E-state index in [9.17, 15) is 4.79 Å². The summed E-state index contributed by atoms with van der Waals surface area (Å²) in [5.41, 5.74) is 2.66. The van der Waals surface area contributed by atoms with Crippen LogP contribution in [0.15, 0.2) is 18.3 Å². The Labute approximate surface area is 110 Å². The van der Waals surface area contributed by atoms with Gasteiger partial charge in [0.25, 0.3) is 5.91 Å². The lowest BCUT2D eigenvalue weighted by Gasteiger charge is -2.09. The van der Waals surface area contributed by atoms with Crippen molar-refractivity contribution in [2.24, 2.45) is 7.05 Å². The van der Waals surface area contributed by atoms with Crippen molar-refractivity contribution in [3.8, 4) is 0 Å². The Hall–Kier alpha value is -1.88. The predicted octanol–water partition coefficient (Wildman–Crippen LogP) is 2.34. The molecule has 94 valence electrons. The van der Waals surface area contributed by atoms with Crippen LogP contribution in [0.5, 0.6) is 0 Å². The van der Waals surface area contributed by atoms with Gasteiger partial charge in [-0.05, 0) is 31.5 Å². The maximum atomic E-state index is 12.1. The van der Waals surface area contributed by atoms with Crippen molar-refractivity contribution < 1.29 is 4.79 Å². The van der Waals surface area contributed by atoms with Crippen molar-refractivity contribution in [2.75, 3.05) is 5.32 Å². The maximum absolute atomic E-state index is 12.1. The minimum atomic E-state index is -0.254. The topological polar surface area (TPSA) is 59.8 Å². The third-order valence-electron chi connectivity index (χ3n) is 2.59. The van der Waals surface area contributed by atoms with Crippen molar-refractivity contribution in [3.63, 3.8) is 0 Å². The van der Waals surface area contributed by atoms with Crippen LogP contribution in [0.2, 0.25) is 5.15 Å². The Kier molecular flexibility index (Phi) is 3.34.